The van der Waals surface area contributed by atoms with Crippen molar-refractivity contribution in [1.29, 1.82) is 0 Å². The van der Waals surface area contributed by atoms with Crippen LogP contribution in [0.15, 0.2) is 36.8 Å². The zero-order valence-electron chi connectivity index (χ0n) is 19.7. The third-order valence-electron chi connectivity index (χ3n) is 4.83. The van der Waals surface area contributed by atoms with Gasteiger partial charge in [-0.3, -0.25) is 9.48 Å². The topological polar surface area (TPSA) is 137 Å². The summed E-state index contributed by atoms with van der Waals surface area (Å²) in [6.07, 6.45) is 0.0430. The summed E-state index contributed by atoms with van der Waals surface area (Å²) < 4.78 is 40.3. The summed E-state index contributed by atoms with van der Waals surface area (Å²) >= 11 is 0. The number of aliphatic carboxylic acids is 1. The van der Waals surface area contributed by atoms with Gasteiger partial charge in [0.25, 0.3) is 0 Å². The van der Waals surface area contributed by atoms with Gasteiger partial charge in [0, 0.05) is 36.3 Å². The summed E-state index contributed by atoms with van der Waals surface area (Å²) in [5.74, 6) is -1.97. The number of carbonyl (C=O) groups is 2. The van der Waals surface area contributed by atoms with Gasteiger partial charge in [-0.2, -0.15) is 23.4 Å². The van der Waals surface area contributed by atoms with E-state index >= 15 is 0 Å². The molecule has 2 N–H and O–H groups in total. The molecule has 4 aromatic heterocycles. The zero-order chi connectivity index (χ0) is 26.6. The first kappa shape index (κ1) is 26.1. The Morgan fingerprint density at radius 1 is 1.25 bits per heavy atom. The highest BCUT2D eigenvalue weighted by Gasteiger charge is 2.38. The number of anilines is 1. The summed E-state index contributed by atoms with van der Waals surface area (Å²) in [7, 11) is 3.38. The fourth-order valence-corrected chi connectivity index (χ4v) is 3.36. The van der Waals surface area contributed by atoms with E-state index in [0.717, 1.165) is 33.4 Å². The number of fused-ring (bicyclic) bond motifs is 1. The molecule has 190 valence electrons. The first-order valence-electron chi connectivity index (χ1n) is 10.3. The second-order valence-electron chi connectivity index (χ2n) is 7.59. The third-order valence-corrected chi connectivity index (χ3v) is 4.83. The Kier molecular flexibility index (Phi) is 7.56. The van der Waals surface area contributed by atoms with Crippen molar-refractivity contribution in [3.05, 3.63) is 48.0 Å². The Bertz CT molecular complexity index is 1410. The molecule has 0 aliphatic heterocycles. The van der Waals surface area contributed by atoms with Crippen LogP contribution in [-0.2, 0) is 23.2 Å². The van der Waals surface area contributed by atoms with Gasteiger partial charge in [0.05, 0.1) is 18.7 Å². The minimum absolute atomic E-state index is 0.0545. The Morgan fingerprint density at radius 2 is 1.94 bits per heavy atom. The van der Waals surface area contributed by atoms with Crippen LogP contribution in [0.25, 0.3) is 22.2 Å². The lowest BCUT2D eigenvalue weighted by molar-refractivity contribution is -0.192. The normalized spacial score (nSPS) is 11.1. The molecule has 11 nitrogen and oxygen atoms in total. The number of methoxy groups -OCH3 is 1. The molecule has 1 amide bonds. The number of halogens is 3. The number of carbonyl (C=O) groups excluding carboxylic acids is 1. The predicted molar refractivity (Wildman–Crippen MR) is 122 cm³/mol. The number of nitrogens with zero attached hydrogens (tertiary/aromatic N) is 6. The number of hydrogen-bond donors (Lipinski definition) is 2. The van der Waals surface area contributed by atoms with Crippen LogP contribution in [-0.4, -0.2) is 59.8 Å². The second kappa shape index (κ2) is 10.4. The fourth-order valence-electron chi connectivity index (χ4n) is 3.36. The Balaban J connectivity index is 0.000000454. The first-order chi connectivity index (χ1) is 16.9. The smallest absolute Gasteiger partial charge is 0.481 e. The van der Waals surface area contributed by atoms with Gasteiger partial charge in [0.1, 0.15) is 6.54 Å². The molecule has 4 aromatic rings. The minimum atomic E-state index is -5.08. The number of carboxylic acids is 1. The van der Waals surface area contributed by atoms with E-state index in [-0.39, 0.29) is 12.5 Å². The molecule has 0 radical (unpaired) electrons. The van der Waals surface area contributed by atoms with E-state index in [1.165, 1.54) is 0 Å². The van der Waals surface area contributed by atoms with E-state index in [0.29, 0.717) is 11.7 Å². The van der Waals surface area contributed by atoms with Gasteiger partial charge in [0.2, 0.25) is 11.8 Å². The molecule has 0 aromatic carbocycles. The molecule has 36 heavy (non-hydrogen) atoms. The van der Waals surface area contributed by atoms with Gasteiger partial charge in [-0.15, -0.1) is 0 Å². The lowest BCUT2D eigenvalue weighted by atomic mass is 10.1. The van der Waals surface area contributed by atoms with Crippen molar-refractivity contribution in [3.63, 3.8) is 0 Å². The molecule has 0 unspecified atom stereocenters. The van der Waals surface area contributed by atoms with Crippen LogP contribution in [0.2, 0.25) is 0 Å². The first-order valence-corrected chi connectivity index (χ1v) is 10.3. The lowest BCUT2D eigenvalue weighted by Crippen LogP contribution is -2.21. The number of ether oxygens (including phenoxy) is 1. The van der Waals surface area contributed by atoms with Crippen LogP contribution in [0, 0.1) is 13.8 Å². The monoisotopic (exact) mass is 505 g/mol. The maximum Gasteiger partial charge on any atom is 0.490 e. The Morgan fingerprint density at radius 3 is 2.58 bits per heavy atom. The van der Waals surface area contributed by atoms with Crippen molar-refractivity contribution in [1.82, 2.24) is 29.5 Å². The summed E-state index contributed by atoms with van der Waals surface area (Å²) in [4.78, 5) is 30.2. The SMILES string of the molecule is COc1ncccc1-c1cnn(CC(=O)Nc2nn(C)c3nc(C)cc(C)c23)c1.O=C(O)C(F)(F)F. The highest BCUT2D eigenvalue weighted by atomic mass is 19.4. The van der Waals surface area contributed by atoms with E-state index in [1.807, 2.05) is 39.1 Å². The van der Waals surface area contributed by atoms with Crippen molar-refractivity contribution in [2.75, 3.05) is 12.4 Å². The van der Waals surface area contributed by atoms with Crippen molar-refractivity contribution >= 4 is 28.7 Å². The fraction of sp³-hybridized carbons (Fsp3) is 0.273. The molecule has 0 aliphatic carbocycles. The van der Waals surface area contributed by atoms with Gasteiger partial charge in [-0.05, 0) is 37.6 Å². The largest absolute Gasteiger partial charge is 0.490 e. The van der Waals surface area contributed by atoms with Crippen LogP contribution >= 0.6 is 0 Å². The molecule has 0 fully saturated rings. The number of hydrogen-bond acceptors (Lipinski definition) is 7. The van der Waals surface area contributed by atoms with E-state index in [1.54, 1.807) is 35.1 Å². The van der Waals surface area contributed by atoms with Gasteiger partial charge >= 0.3 is 12.1 Å². The number of pyridine rings is 2. The summed E-state index contributed by atoms with van der Waals surface area (Å²) in [6, 6.07) is 5.69. The zero-order valence-corrected chi connectivity index (χ0v) is 19.7. The average molecular weight is 505 g/mol. The summed E-state index contributed by atoms with van der Waals surface area (Å²) in [6.45, 7) is 3.97. The van der Waals surface area contributed by atoms with Crippen molar-refractivity contribution in [2.24, 2.45) is 7.05 Å². The van der Waals surface area contributed by atoms with Crippen LogP contribution in [0.1, 0.15) is 11.3 Å². The number of nitrogens with one attached hydrogen (secondary N) is 1. The number of aryl methyl sites for hydroxylation is 3. The lowest BCUT2D eigenvalue weighted by Gasteiger charge is -2.05. The van der Waals surface area contributed by atoms with E-state index in [9.17, 15) is 18.0 Å². The molecule has 4 heterocycles. The number of alkyl halides is 3. The standard InChI is InChI=1S/C20H21N7O2.C2HF3O2/c1-12-8-13(2)23-19-17(12)18(25-26(19)3)24-16(28)11-27-10-14(9-22-27)15-6-5-7-21-20(15)29-4;3-2(4,5)1(6)7/h5-10H,11H2,1-4H3,(H,24,25,28);(H,6,7). The Hall–Kier alpha value is -4.49. The van der Waals surface area contributed by atoms with Crippen LogP contribution in [0.3, 0.4) is 0 Å². The second-order valence-corrected chi connectivity index (χ2v) is 7.59. The molecule has 14 heteroatoms. The Labute approximate surface area is 202 Å². The number of rotatable bonds is 5. The molecule has 0 bridgehead atoms. The van der Waals surface area contributed by atoms with Gasteiger partial charge < -0.3 is 15.2 Å². The number of amides is 1. The van der Waals surface area contributed by atoms with Crippen LogP contribution in [0.5, 0.6) is 5.88 Å². The van der Waals surface area contributed by atoms with Crippen molar-refractivity contribution < 1.29 is 32.6 Å². The number of aromatic nitrogens is 6. The summed E-state index contributed by atoms with van der Waals surface area (Å²) in [5, 5.41) is 19.5. The van der Waals surface area contributed by atoms with Gasteiger partial charge in [0.15, 0.2) is 11.5 Å². The van der Waals surface area contributed by atoms with Gasteiger partial charge in [-0.1, -0.05) is 0 Å². The highest BCUT2D eigenvalue weighted by Crippen LogP contribution is 2.27. The average Bonchev–Trinajstić information content (AvgIpc) is 3.37. The quantitative estimate of drug-likeness (QED) is 0.422. The van der Waals surface area contributed by atoms with Crippen molar-refractivity contribution in [2.45, 2.75) is 26.6 Å². The predicted octanol–water partition coefficient (Wildman–Crippen LogP) is 3.12. The van der Waals surface area contributed by atoms with E-state index in [2.05, 4.69) is 25.5 Å². The molecular formula is C22H22F3N7O4. The van der Waals surface area contributed by atoms with Crippen molar-refractivity contribution in [3.8, 4) is 17.0 Å². The maximum absolute atomic E-state index is 12.6. The molecule has 0 aliphatic rings. The number of carboxylic acid groups (broad SMARTS) is 1. The molecule has 0 saturated carbocycles. The van der Waals surface area contributed by atoms with Crippen LogP contribution < -0.4 is 10.1 Å². The van der Waals surface area contributed by atoms with Crippen LogP contribution in [0.4, 0.5) is 19.0 Å². The summed E-state index contributed by atoms with van der Waals surface area (Å²) in [5.41, 5.74) is 4.30. The van der Waals surface area contributed by atoms with E-state index < -0.39 is 12.1 Å². The molecule has 4 rings (SSSR count). The maximum atomic E-state index is 12.6. The molecular weight excluding hydrogens is 483 g/mol. The van der Waals surface area contributed by atoms with E-state index in [4.69, 9.17) is 14.6 Å². The molecule has 0 saturated heterocycles. The molecule has 0 spiro atoms. The third kappa shape index (κ3) is 5.95. The highest BCUT2D eigenvalue weighted by molar-refractivity contribution is 6.00. The minimum Gasteiger partial charge on any atom is -0.481 e. The molecule has 0 atom stereocenters. The van der Waals surface area contributed by atoms with Gasteiger partial charge in [-0.25, -0.2) is 19.4 Å².